The summed E-state index contributed by atoms with van der Waals surface area (Å²) < 4.78 is 10.7. The number of alkyl halides is 1. The highest BCUT2D eigenvalue weighted by Gasteiger charge is 2.33. The van der Waals surface area contributed by atoms with Crippen molar-refractivity contribution >= 4 is 35.0 Å². The molecule has 6 nitrogen and oxygen atoms in total. The molecule has 0 spiro atoms. The summed E-state index contributed by atoms with van der Waals surface area (Å²) in [6.07, 6.45) is 4.80. The molecule has 1 N–H and O–H groups in total. The SMILES string of the molecule is COc1ccc(CCN(C(=O)CCl)[C@H](C(=O)N[C@@H]2CCCC[C@@H]2C)c2ccc(Cl)cc2)cc1OC. The van der Waals surface area contributed by atoms with Crippen molar-refractivity contribution in [3.8, 4) is 11.5 Å². The summed E-state index contributed by atoms with van der Waals surface area (Å²) in [5.41, 5.74) is 1.65. The number of halogens is 2. The summed E-state index contributed by atoms with van der Waals surface area (Å²) in [4.78, 5) is 28.3. The van der Waals surface area contributed by atoms with Crippen LogP contribution in [0.25, 0.3) is 0 Å². The molecule has 3 rings (SSSR count). The minimum Gasteiger partial charge on any atom is -0.493 e. The fourth-order valence-corrected chi connectivity index (χ4v) is 4.95. The van der Waals surface area contributed by atoms with Crippen LogP contribution in [-0.2, 0) is 16.0 Å². The zero-order chi connectivity index (χ0) is 25.4. The van der Waals surface area contributed by atoms with E-state index in [1.54, 1.807) is 43.4 Å². The van der Waals surface area contributed by atoms with Gasteiger partial charge in [-0.15, -0.1) is 11.6 Å². The van der Waals surface area contributed by atoms with Crippen molar-refractivity contribution in [1.29, 1.82) is 0 Å². The van der Waals surface area contributed by atoms with Gasteiger partial charge in [0.2, 0.25) is 11.8 Å². The number of carbonyl (C=O) groups is 2. The molecule has 0 unspecified atom stereocenters. The van der Waals surface area contributed by atoms with Crippen molar-refractivity contribution in [2.75, 3.05) is 26.6 Å². The van der Waals surface area contributed by atoms with E-state index < -0.39 is 6.04 Å². The van der Waals surface area contributed by atoms with E-state index >= 15 is 0 Å². The van der Waals surface area contributed by atoms with Crippen LogP contribution in [0.5, 0.6) is 11.5 Å². The van der Waals surface area contributed by atoms with E-state index in [1.165, 1.54) is 6.42 Å². The van der Waals surface area contributed by atoms with Crippen LogP contribution in [0.15, 0.2) is 42.5 Å². The molecule has 0 aromatic heterocycles. The first-order valence-corrected chi connectivity index (χ1v) is 12.9. The van der Waals surface area contributed by atoms with E-state index in [0.29, 0.717) is 41.0 Å². The van der Waals surface area contributed by atoms with E-state index in [-0.39, 0.29) is 23.7 Å². The van der Waals surface area contributed by atoms with E-state index in [2.05, 4.69) is 12.2 Å². The third-order valence-electron chi connectivity index (χ3n) is 6.71. The predicted molar refractivity (Wildman–Crippen MR) is 139 cm³/mol. The van der Waals surface area contributed by atoms with Gasteiger partial charge in [-0.2, -0.15) is 0 Å². The van der Waals surface area contributed by atoms with Gasteiger partial charge in [-0.05, 0) is 60.6 Å². The number of hydrogen-bond acceptors (Lipinski definition) is 4. The van der Waals surface area contributed by atoms with Gasteiger partial charge in [0.05, 0.1) is 14.2 Å². The van der Waals surface area contributed by atoms with Crippen LogP contribution in [-0.4, -0.2) is 49.4 Å². The van der Waals surface area contributed by atoms with E-state index in [4.69, 9.17) is 32.7 Å². The number of benzene rings is 2. The molecule has 3 atom stereocenters. The van der Waals surface area contributed by atoms with Crippen LogP contribution in [0, 0.1) is 5.92 Å². The molecule has 0 aliphatic heterocycles. The van der Waals surface area contributed by atoms with Gasteiger partial charge in [0.15, 0.2) is 11.5 Å². The van der Waals surface area contributed by atoms with Crippen LogP contribution < -0.4 is 14.8 Å². The number of carbonyl (C=O) groups excluding carboxylic acids is 2. The average molecular weight is 521 g/mol. The summed E-state index contributed by atoms with van der Waals surface area (Å²) in [5.74, 6) is 0.908. The fourth-order valence-electron chi connectivity index (χ4n) is 4.67. The molecule has 0 saturated heterocycles. The lowest BCUT2D eigenvalue weighted by molar-refractivity contribution is -0.139. The van der Waals surface area contributed by atoms with Gasteiger partial charge in [0.25, 0.3) is 0 Å². The van der Waals surface area contributed by atoms with Gasteiger partial charge in [0, 0.05) is 17.6 Å². The van der Waals surface area contributed by atoms with Crippen LogP contribution in [0.3, 0.4) is 0 Å². The van der Waals surface area contributed by atoms with Gasteiger partial charge in [-0.3, -0.25) is 9.59 Å². The lowest BCUT2D eigenvalue weighted by Gasteiger charge is -2.35. The second kappa shape index (κ2) is 13.0. The van der Waals surface area contributed by atoms with Crippen molar-refractivity contribution in [1.82, 2.24) is 10.2 Å². The predicted octanol–water partition coefficient (Wildman–Crippen LogP) is 5.40. The first-order chi connectivity index (χ1) is 16.9. The Bertz CT molecular complexity index is 999. The first kappa shape index (κ1) is 27.2. The molecule has 1 saturated carbocycles. The highest BCUT2D eigenvalue weighted by molar-refractivity contribution is 6.30. The Morgan fingerprint density at radius 3 is 2.37 bits per heavy atom. The molecule has 0 radical (unpaired) electrons. The number of nitrogens with zero attached hydrogens (tertiary/aromatic N) is 1. The quantitative estimate of drug-likeness (QED) is 0.425. The van der Waals surface area contributed by atoms with E-state index in [9.17, 15) is 9.59 Å². The van der Waals surface area contributed by atoms with Gasteiger partial charge in [-0.1, -0.05) is 49.6 Å². The molecule has 2 amide bonds. The number of rotatable bonds is 10. The molecule has 0 bridgehead atoms. The van der Waals surface area contributed by atoms with E-state index in [0.717, 1.165) is 24.8 Å². The molecule has 2 aromatic rings. The third kappa shape index (κ3) is 7.05. The Labute approximate surface area is 217 Å². The topological polar surface area (TPSA) is 67.9 Å². The number of methoxy groups -OCH3 is 2. The summed E-state index contributed by atoms with van der Waals surface area (Å²) in [7, 11) is 3.17. The summed E-state index contributed by atoms with van der Waals surface area (Å²) >= 11 is 12.1. The molecule has 2 aromatic carbocycles. The highest BCUT2D eigenvalue weighted by Crippen LogP contribution is 2.30. The summed E-state index contributed by atoms with van der Waals surface area (Å²) in [6.45, 7) is 2.47. The molecule has 1 aliphatic rings. The Kier molecular flexibility index (Phi) is 10.1. The Morgan fingerprint density at radius 2 is 1.74 bits per heavy atom. The minimum atomic E-state index is -0.812. The molecule has 1 aliphatic carbocycles. The van der Waals surface area contributed by atoms with Crippen LogP contribution in [0.4, 0.5) is 0 Å². The normalized spacial score (nSPS) is 18.4. The second-order valence-corrected chi connectivity index (χ2v) is 9.69. The summed E-state index contributed by atoms with van der Waals surface area (Å²) in [6, 6.07) is 12.0. The molecular formula is C27H34Cl2N2O4. The Morgan fingerprint density at radius 1 is 1.06 bits per heavy atom. The van der Waals surface area contributed by atoms with Gasteiger partial charge in [-0.25, -0.2) is 0 Å². The Hall–Kier alpha value is -2.44. The van der Waals surface area contributed by atoms with Crippen molar-refractivity contribution in [2.45, 2.75) is 51.1 Å². The van der Waals surface area contributed by atoms with Crippen molar-refractivity contribution in [3.05, 3.63) is 58.6 Å². The zero-order valence-electron chi connectivity index (χ0n) is 20.6. The maximum Gasteiger partial charge on any atom is 0.247 e. The number of hydrogen-bond donors (Lipinski definition) is 1. The van der Waals surface area contributed by atoms with Crippen molar-refractivity contribution in [2.24, 2.45) is 5.92 Å². The van der Waals surface area contributed by atoms with Gasteiger partial charge >= 0.3 is 0 Å². The molecule has 1 fully saturated rings. The van der Waals surface area contributed by atoms with E-state index in [1.807, 2.05) is 18.2 Å². The van der Waals surface area contributed by atoms with Crippen molar-refractivity contribution < 1.29 is 19.1 Å². The van der Waals surface area contributed by atoms with Crippen LogP contribution >= 0.6 is 23.2 Å². The highest BCUT2D eigenvalue weighted by atomic mass is 35.5. The largest absolute Gasteiger partial charge is 0.493 e. The smallest absolute Gasteiger partial charge is 0.247 e. The standard InChI is InChI=1S/C27H34Cl2N2O4/c1-18-6-4-5-7-22(18)30-27(33)26(20-9-11-21(29)12-10-20)31(25(32)17-28)15-14-19-8-13-23(34-2)24(16-19)35-3/h8-13,16,18,22,26H,4-7,14-15,17H2,1-3H3,(H,30,33)/t18-,22+,26-/m0/s1. The van der Waals surface area contributed by atoms with Crippen LogP contribution in [0.1, 0.15) is 49.8 Å². The maximum atomic E-state index is 13.7. The molecule has 35 heavy (non-hydrogen) atoms. The molecule has 190 valence electrons. The minimum absolute atomic E-state index is 0.0878. The maximum absolute atomic E-state index is 13.7. The lowest BCUT2D eigenvalue weighted by atomic mass is 9.85. The zero-order valence-corrected chi connectivity index (χ0v) is 22.1. The van der Waals surface area contributed by atoms with Crippen molar-refractivity contribution in [3.63, 3.8) is 0 Å². The Balaban J connectivity index is 1.89. The fraction of sp³-hybridized carbons (Fsp3) is 0.481. The lowest BCUT2D eigenvalue weighted by Crippen LogP contribution is -2.49. The number of nitrogens with one attached hydrogen (secondary N) is 1. The first-order valence-electron chi connectivity index (χ1n) is 12.0. The van der Waals surface area contributed by atoms with Gasteiger partial charge in [0.1, 0.15) is 11.9 Å². The molecule has 0 heterocycles. The van der Waals surface area contributed by atoms with Crippen LogP contribution in [0.2, 0.25) is 5.02 Å². The summed E-state index contributed by atoms with van der Waals surface area (Å²) in [5, 5.41) is 3.79. The number of amides is 2. The monoisotopic (exact) mass is 520 g/mol. The third-order valence-corrected chi connectivity index (χ3v) is 7.19. The van der Waals surface area contributed by atoms with Gasteiger partial charge < -0.3 is 19.7 Å². The molecule has 8 heteroatoms. The number of ether oxygens (including phenoxy) is 2. The average Bonchev–Trinajstić information content (AvgIpc) is 2.87. The second-order valence-electron chi connectivity index (χ2n) is 8.99. The molecular weight excluding hydrogens is 487 g/mol.